The second-order valence-electron chi connectivity index (χ2n) is 3.02. The molecule has 0 heterocycles. The quantitative estimate of drug-likeness (QED) is 0.577. The predicted octanol–water partition coefficient (Wildman–Crippen LogP) is 2.12. The van der Waals surface area contributed by atoms with Crippen LogP contribution >= 0.6 is 0 Å². The van der Waals surface area contributed by atoms with Gasteiger partial charge in [-0.1, -0.05) is 6.08 Å². The van der Waals surface area contributed by atoms with Gasteiger partial charge in [0, 0.05) is 12.1 Å². The van der Waals surface area contributed by atoms with Gasteiger partial charge in [0.05, 0.1) is 5.69 Å². The van der Waals surface area contributed by atoms with Crippen molar-refractivity contribution in [3.63, 3.8) is 0 Å². The number of hydrogen-bond acceptors (Lipinski definition) is 2. The van der Waals surface area contributed by atoms with Gasteiger partial charge in [-0.05, 0) is 18.1 Å². The van der Waals surface area contributed by atoms with Crippen LogP contribution in [0.4, 0.5) is 14.5 Å². The Hall–Kier alpha value is -1.42. The standard InChI is InChI=1S/C10H12F2N2/c1-2-3-9(13)7-4-6(11)5-8(12)10(7)14/h2,4-5,9H,1,3,13-14H2/t9-/m1/s1. The van der Waals surface area contributed by atoms with Crippen LogP contribution in [0.25, 0.3) is 0 Å². The van der Waals surface area contributed by atoms with E-state index < -0.39 is 17.7 Å². The van der Waals surface area contributed by atoms with Crippen LogP contribution in [0.15, 0.2) is 24.8 Å². The van der Waals surface area contributed by atoms with E-state index in [1.165, 1.54) is 0 Å². The first-order chi connectivity index (χ1) is 6.56. The molecule has 1 rings (SSSR count). The van der Waals surface area contributed by atoms with E-state index in [0.29, 0.717) is 6.42 Å². The van der Waals surface area contributed by atoms with Crippen LogP contribution < -0.4 is 11.5 Å². The van der Waals surface area contributed by atoms with Crippen LogP contribution in [0.5, 0.6) is 0 Å². The molecule has 0 aliphatic heterocycles. The third-order valence-corrected chi connectivity index (χ3v) is 1.95. The molecule has 0 aliphatic carbocycles. The van der Waals surface area contributed by atoms with E-state index in [-0.39, 0.29) is 11.3 Å². The summed E-state index contributed by atoms with van der Waals surface area (Å²) in [5.74, 6) is -1.45. The number of hydrogen-bond donors (Lipinski definition) is 2. The molecule has 1 aromatic carbocycles. The Balaban J connectivity index is 3.12. The molecule has 1 atom stereocenters. The Labute approximate surface area is 81.2 Å². The molecule has 0 saturated heterocycles. The van der Waals surface area contributed by atoms with E-state index in [0.717, 1.165) is 12.1 Å². The Morgan fingerprint density at radius 2 is 2.07 bits per heavy atom. The van der Waals surface area contributed by atoms with E-state index in [4.69, 9.17) is 11.5 Å². The highest BCUT2D eigenvalue weighted by Crippen LogP contribution is 2.25. The first-order valence-corrected chi connectivity index (χ1v) is 4.17. The molecule has 4 N–H and O–H groups in total. The van der Waals surface area contributed by atoms with Crippen LogP contribution in [-0.4, -0.2) is 0 Å². The normalized spacial score (nSPS) is 12.5. The number of benzene rings is 1. The smallest absolute Gasteiger partial charge is 0.149 e. The second kappa shape index (κ2) is 4.19. The van der Waals surface area contributed by atoms with E-state index in [9.17, 15) is 8.78 Å². The van der Waals surface area contributed by atoms with Gasteiger partial charge in [0.25, 0.3) is 0 Å². The zero-order valence-electron chi connectivity index (χ0n) is 7.63. The Kier molecular flexibility index (Phi) is 3.19. The number of rotatable bonds is 3. The van der Waals surface area contributed by atoms with Gasteiger partial charge < -0.3 is 11.5 Å². The average Bonchev–Trinajstić information content (AvgIpc) is 2.11. The van der Waals surface area contributed by atoms with Crippen molar-refractivity contribution < 1.29 is 8.78 Å². The minimum absolute atomic E-state index is 0.0965. The van der Waals surface area contributed by atoms with Crippen molar-refractivity contribution in [3.05, 3.63) is 42.0 Å². The van der Waals surface area contributed by atoms with Crippen LogP contribution in [0.2, 0.25) is 0 Å². The van der Waals surface area contributed by atoms with Crippen molar-refractivity contribution in [2.75, 3.05) is 5.73 Å². The molecule has 0 fully saturated rings. The molecule has 1 aromatic rings. The second-order valence-corrected chi connectivity index (χ2v) is 3.02. The molecule has 0 aliphatic rings. The summed E-state index contributed by atoms with van der Waals surface area (Å²) in [4.78, 5) is 0. The summed E-state index contributed by atoms with van der Waals surface area (Å²) in [6, 6.07) is 1.36. The molecule has 0 aromatic heterocycles. The largest absolute Gasteiger partial charge is 0.396 e. The van der Waals surface area contributed by atoms with E-state index in [2.05, 4.69) is 6.58 Å². The first kappa shape index (κ1) is 10.7. The first-order valence-electron chi connectivity index (χ1n) is 4.17. The molecule has 0 spiro atoms. The van der Waals surface area contributed by atoms with Crippen LogP contribution in [0, 0.1) is 11.6 Å². The van der Waals surface area contributed by atoms with E-state index >= 15 is 0 Å². The molecule has 14 heavy (non-hydrogen) atoms. The summed E-state index contributed by atoms with van der Waals surface area (Å²) in [7, 11) is 0. The molecule has 76 valence electrons. The summed E-state index contributed by atoms with van der Waals surface area (Å²) < 4.78 is 25.8. The van der Waals surface area contributed by atoms with Crippen molar-refractivity contribution in [2.45, 2.75) is 12.5 Å². The van der Waals surface area contributed by atoms with Gasteiger partial charge in [0.2, 0.25) is 0 Å². The van der Waals surface area contributed by atoms with E-state index in [1.54, 1.807) is 6.08 Å². The van der Waals surface area contributed by atoms with Gasteiger partial charge >= 0.3 is 0 Å². The maximum atomic E-state index is 13.0. The fourth-order valence-corrected chi connectivity index (χ4v) is 1.22. The van der Waals surface area contributed by atoms with Gasteiger partial charge in [-0.3, -0.25) is 0 Å². The lowest BCUT2D eigenvalue weighted by Crippen LogP contribution is -2.13. The third kappa shape index (κ3) is 2.09. The predicted molar refractivity (Wildman–Crippen MR) is 52.5 cm³/mol. The Morgan fingerprint density at radius 3 is 2.64 bits per heavy atom. The maximum Gasteiger partial charge on any atom is 0.149 e. The average molecular weight is 198 g/mol. The summed E-state index contributed by atoms with van der Waals surface area (Å²) in [6.07, 6.45) is 2.00. The number of halogens is 2. The highest BCUT2D eigenvalue weighted by molar-refractivity contribution is 5.50. The maximum absolute atomic E-state index is 13.0. The number of nitrogen functional groups attached to an aromatic ring is 1. The van der Waals surface area contributed by atoms with Crippen molar-refractivity contribution in [1.29, 1.82) is 0 Å². The zero-order chi connectivity index (χ0) is 10.7. The molecule has 4 heteroatoms. The van der Waals surface area contributed by atoms with E-state index in [1.807, 2.05) is 0 Å². The van der Waals surface area contributed by atoms with Crippen molar-refractivity contribution in [1.82, 2.24) is 0 Å². The van der Waals surface area contributed by atoms with Gasteiger partial charge in [0.1, 0.15) is 11.6 Å². The molecule has 2 nitrogen and oxygen atoms in total. The lowest BCUT2D eigenvalue weighted by molar-refractivity contribution is 0.577. The molecular formula is C10H12F2N2. The lowest BCUT2D eigenvalue weighted by Gasteiger charge is -2.12. The summed E-state index contributed by atoms with van der Waals surface area (Å²) in [6.45, 7) is 3.49. The molecule has 0 saturated carbocycles. The summed E-state index contributed by atoms with van der Waals surface area (Å²) >= 11 is 0. The molecule has 0 bridgehead atoms. The highest BCUT2D eigenvalue weighted by Gasteiger charge is 2.13. The summed E-state index contributed by atoms with van der Waals surface area (Å²) in [5.41, 5.74) is 11.3. The van der Waals surface area contributed by atoms with Gasteiger partial charge in [-0.2, -0.15) is 0 Å². The Bertz CT molecular complexity index is 350. The van der Waals surface area contributed by atoms with Gasteiger partial charge in [-0.15, -0.1) is 6.58 Å². The minimum atomic E-state index is -0.778. The van der Waals surface area contributed by atoms with Crippen molar-refractivity contribution in [3.8, 4) is 0 Å². The van der Waals surface area contributed by atoms with Crippen LogP contribution in [-0.2, 0) is 0 Å². The van der Waals surface area contributed by atoms with Gasteiger partial charge in [0.15, 0.2) is 0 Å². The number of nitrogens with two attached hydrogens (primary N) is 2. The SMILES string of the molecule is C=CC[C@@H](N)c1cc(F)cc(F)c1N. The minimum Gasteiger partial charge on any atom is -0.396 e. The van der Waals surface area contributed by atoms with Crippen molar-refractivity contribution >= 4 is 5.69 Å². The number of anilines is 1. The van der Waals surface area contributed by atoms with Crippen molar-refractivity contribution in [2.24, 2.45) is 5.73 Å². The zero-order valence-corrected chi connectivity index (χ0v) is 7.63. The monoisotopic (exact) mass is 198 g/mol. The lowest BCUT2D eigenvalue weighted by atomic mass is 10.0. The molecule has 0 unspecified atom stereocenters. The fraction of sp³-hybridized carbons (Fsp3) is 0.200. The molecule has 0 radical (unpaired) electrons. The molecule has 0 amide bonds. The third-order valence-electron chi connectivity index (χ3n) is 1.95. The highest BCUT2D eigenvalue weighted by atomic mass is 19.1. The Morgan fingerprint density at radius 1 is 1.43 bits per heavy atom. The summed E-state index contributed by atoms with van der Waals surface area (Å²) in [5, 5.41) is 0. The molecular weight excluding hydrogens is 186 g/mol. The van der Waals surface area contributed by atoms with Crippen LogP contribution in [0.1, 0.15) is 18.0 Å². The fourth-order valence-electron chi connectivity index (χ4n) is 1.22. The van der Waals surface area contributed by atoms with Gasteiger partial charge in [-0.25, -0.2) is 8.78 Å². The van der Waals surface area contributed by atoms with Crippen LogP contribution in [0.3, 0.4) is 0 Å². The topological polar surface area (TPSA) is 52.0 Å².